The molecule has 2 rings (SSSR count). The number of thiazole rings is 1. The van der Waals surface area contributed by atoms with Crippen LogP contribution in [0.3, 0.4) is 0 Å². The van der Waals surface area contributed by atoms with E-state index in [-0.39, 0.29) is 16.2 Å². The van der Waals surface area contributed by atoms with E-state index in [1.807, 2.05) is 0 Å². The second kappa shape index (κ2) is 4.32. The number of ether oxygens (including phenoxy) is 1. The summed E-state index contributed by atoms with van der Waals surface area (Å²) >= 11 is 1.01. The normalized spacial score (nSPS) is 11.1. The van der Waals surface area contributed by atoms with Gasteiger partial charge in [-0.15, -0.1) is 11.3 Å². The van der Waals surface area contributed by atoms with Crippen LogP contribution in [0.15, 0.2) is 18.2 Å². The monoisotopic (exact) mass is 245 g/mol. The van der Waals surface area contributed by atoms with Crippen molar-refractivity contribution < 1.29 is 23.6 Å². The maximum absolute atomic E-state index is 12.1. The third kappa shape index (κ3) is 2.13. The van der Waals surface area contributed by atoms with Gasteiger partial charge < -0.3 is 14.8 Å². The summed E-state index contributed by atoms with van der Waals surface area (Å²) in [5.74, 6) is -0.0735. The zero-order valence-electron chi connectivity index (χ0n) is 7.80. The van der Waals surface area contributed by atoms with Crippen molar-refractivity contribution >= 4 is 33.6 Å². The first-order valence-electron chi connectivity index (χ1n) is 4.28. The van der Waals surface area contributed by atoms with E-state index >= 15 is 0 Å². The summed E-state index contributed by atoms with van der Waals surface area (Å²) in [6.07, 6.45) is 0. The molecule has 4 nitrogen and oxygen atoms in total. The van der Waals surface area contributed by atoms with Crippen LogP contribution in [0.25, 0.3) is 10.2 Å². The Kier molecular flexibility index (Phi) is 3.04. The summed E-state index contributed by atoms with van der Waals surface area (Å²) < 4.78 is 29.0. The van der Waals surface area contributed by atoms with Crippen molar-refractivity contribution in [2.75, 3.05) is 0 Å². The molecule has 0 aliphatic rings. The largest absolute Gasteiger partial charge is 0.519 e. The number of alkyl halides is 2. The Morgan fingerprint density at radius 1 is 1.38 bits per heavy atom. The van der Waals surface area contributed by atoms with E-state index in [9.17, 15) is 8.78 Å². The predicted molar refractivity (Wildman–Crippen MR) is 56.1 cm³/mol. The highest BCUT2D eigenvalue weighted by atomic mass is 32.1. The Bertz CT molecular complexity index is 505. The van der Waals surface area contributed by atoms with Gasteiger partial charge in [-0.3, -0.25) is 0 Å². The molecule has 0 atom stereocenters. The van der Waals surface area contributed by atoms with Crippen molar-refractivity contribution in [2.45, 2.75) is 6.61 Å². The van der Waals surface area contributed by atoms with Crippen LogP contribution in [0.5, 0.6) is 5.75 Å². The van der Waals surface area contributed by atoms with Crippen LogP contribution in [0, 0.1) is 0 Å². The minimum Gasteiger partial charge on any atom is -0.432 e. The Hall–Kier alpha value is -1.25. The highest BCUT2D eigenvalue weighted by molar-refractivity contribution is 7.27. The molecule has 1 aromatic heterocycles. The molecule has 0 unspecified atom stereocenters. The Morgan fingerprint density at radius 2 is 2.12 bits per heavy atom. The summed E-state index contributed by atoms with van der Waals surface area (Å²) in [4.78, 5) is 3.87. The summed E-state index contributed by atoms with van der Waals surface area (Å²) in [6, 6.07) is 4.52. The maximum atomic E-state index is 12.1. The fraction of sp³-hybridized carbons (Fsp3) is 0.125. The van der Waals surface area contributed by atoms with Gasteiger partial charge in [0.1, 0.15) is 10.4 Å². The van der Waals surface area contributed by atoms with Crippen molar-refractivity contribution in [2.24, 2.45) is 0 Å². The molecule has 8 heteroatoms. The van der Waals surface area contributed by atoms with Crippen molar-refractivity contribution in [1.29, 1.82) is 0 Å². The fourth-order valence-electron chi connectivity index (χ4n) is 1.24. The SMILES string of the molecule is OB(O)c1nc2c(OC(F)F)cccc2s1. The average Bonchev–Trinajstić information content (AvgIpc) is 2.61. The van der Waals surface area contributed by atoms with Gasteiger partial charge in [-0.1, -0.05) is 6.07 Å². The van der Waals surface area contributed by atoms with E-state index in [1.165, 1.54) is 12.1 Å². The number of hydrogen-bond acceptors (Lipinski definition) is 5. The second-order valence-electron chi connectivity index (χ2n) is 2.91. The van der Waals surface area contributed by atoms with Crippen LogP contribution >= 0.6 is 11.3 Å². The third-order valence-corrected chi connectivity index (χ3v) is 2.90. The fourth-order valence-corrected chi connectivity index (χ4v) is 2.10. The van der Waals surface area contributed by atoms with Gasteiger partial charge in [0.2, 0.25) is 0 Å². The topological polar surface area (TPSA) is 62.6 Å². The lowest BCUT2D eigenvalue weighted by molar-refractivity contribution is -0.0489. The summed E-state index contributed by atoms with van der Waals surface area (Å²) in [5.41, 5.74) is 0.205. The quantitative estimate of drug-likeness (QED) is 0.776. The highest BCUT2D eigenvalue weighted by Gasteiger charge is 2.19. The summed E-state index contributed by atoms with van der Waals surface area (Å²) in [7, 11) is -1.71. The summed E-state index contributed by atoms with van der Waals surface area (Å²) in [6.45, 7) is -2.94. The molecule has 0 radical (unpaired) electrons. The number of fused-ring (bicyclic) bond motifs is 1. The van der Waals surface area contributed by atoms with Crippen molar-refractivity contribution in [1.82, 2.24) is 4.98 Å². The van der Waals surface area contributed by atoms with E-state index in [4.69, 9.17) is 10.0 Å². The number of benzene rings is 1. The molecular formula is C8H6BF2NO3S. The number of rotatable bonds is 3. The Balaban J connectivity index is 2.50. The molecule has 0 spiro atoms. The van der Waals surface area contributed by atoms with E-state index in [0.29, 0.717) is 4.70 Å². The van der Waals surface area contributed by atoms with Crippen molar-refractivity contribution in [3.63, 3.8) is 0 Å². The van der Waals surface area contributed by atoms with E-state index in [1.54, 1.807) is 6.07 Å². The molecule has 1 heterocycles. The predicted octanol–water partition coefficient (Wildman–Crippen LogP) is 0.578. The lowest BCUT2D eigenvalue weighted by Gasteiger charge is -2.03. The van der Waals surface area contributed by atoms with E-state index < -0.39 is 13.7 Å². The molecule has 84 valence electrons. The van der Waals surface area contributed by atoms with Crippen LogP contribution in [-0.4, -0.2) is 28.8 Å². The molecule has 0 bridgehead atoms. The van der Waals surface area contributed by atoms with Gasteiger partial charge in [0, 0.05) is 0 Å². The first kappa shape index (κ1) is 11.2. The second-order valence-corrected chi connectivity index (χ2v) is 3.97. The van der Waals surface area contributed by atoms with Crippen LogP contribution in [0.4, 0.5) is 8.78 Å². The molecule has 16 heavy (non-hydrogen) atoms. The molecule has 0 aliphatic carbocycles. The first-order valence-corrected chi connectivity index (χ1v) is 5.10. The van der Waals surface area contributed by atoms with E-state index in [0.717, 1.165) is 11.3 Å². The van der Waals surface area contributed by atoms with Gasteiger partial charge in [-0.2, -0.15) is 8.78 Å². The lowest BCUT2D eigenvalue weighted by Crippen LogP contribution is -2.29. The molecule has 0 amide bonds. The maximum Gasteiger partial charge on any atom is 0.519 e. The lowest BCUT2D eigenvalue weighted by atomic mass is 9.94. The molecule has 0 saturated carbocycles. The van der Waals surface area contributed by atoms with E-state index in [2.05, 4.69) is 9.72 Å². The average molecular weight is 245 g/mol. The zero-order chi connectivity index (χ0) is 11.7. The standard InChI is InChI=1S/C8H6BF2NO3S/c10-8(11)15-4-2-1-3-5-6(4)12-7(16-5)9(13)14/h1-3,8,13-14H. The van der Waals surface area contributed by atoms with Crippen LogP contribution in [-0.2, 0) is 0 Å². The van der Waals surface area contributed by atoms with Crippen molar-refractivity contribution in [3.8, 4) is 5.75 Å². The number of hydrogen-bond donors (Lipinski definition) is 2. The molecule has 2 aromatic rings. The molecule has 2 N–H and O–H groups in total. The third-order valence-electron chi connectivity index (χ3n) is 1.84. The molecule has 0 fully saturated rings. The van der Waals surface area contributed by atoms with Crippen molar-refractivity contribution in [3.05, 3.63) is 18.2 Å². The molecule has 1 aromatic carbocycles. The molecular weight excluding hydrogens is 239 g/mol. The van der Waals surface area contributed by atoms with Crippen LogP contribution < -0.4 is 9.64 Å². The summed E-state index contributed by atoms with van der Waals surface area (Å²) in [5, 5.41) is 17.8. The zero-order valence-corrected chi connectivity index (χ0v) is 8.62. The van der Waals surface area contributed by atoms with Gasteiger partial charge in [0.05, 0.1) is 4.70 Å². The smallest absolute Gasteiger partial charge is 0.432 e. The Labute approximate surface area is 93.3 Å². The minimum atomic E-state index is -2.94. The van der Waals surface area contributed by atoms with Gasteiger partial charge in [0.15, 0.2) is 5.75 Å². The molecule has 0 aliphatic heterocycles. The number of aromatic nitrogens is 1. The Morgan fingerprint density at radius 3 is 2.75 bits per heavy atom. The van der Waals surface area contributed by atoms with Gasteiger partial charge in [-0.05, 0) is 12.1 Å². The van der Waals surface area contributed by atoms with Crippen LogP contribution in [0.1, 0.15) is 0 Å². The minimum absolute atomic E-state index is 0.0420. The van der Waals surface area contributed by atoms with Crippen LogP contribution in [0.2, 0.25) is 0 Å². The van der Waals surface area contributed by atoms with Gasteiger partial charge >= 0.3 is 13.7 Å². The number of para-hydroxylation sites is 1. The van der Waals surface area contributed by atoms with Gasteiger partial charge in [-0.25, -0.2) is 4.98 Å². The molecule has 0 saturated heterocycles. The number of halogens is 2. The first-order chi connectivity index (χ1) is 7.58. The number of nitrogens with zero attached hydrogens (tertiary/aromatic N) is 1. The van der Waals surface area contributed by atoms with Gasteiger partial charge in [0.25, 0.3) is 0 Å². The highest BCUT2D eigenvalue weighted by Crippen LogP contribution is 2.27.